The zero-order chi connectivity index (χ0) is 27.9. The van der Waals surface area contributed by atoms with Crippen molar-refractivity contribution in [3.63, 3.8) is 0 Å². The number of rotatable bonds is 8. The van der Waals surface area contributed by atoms with Gasteiger partial charge in [0.05, 0.1) is 35.0 Å². The van der Waals surface area contributed by atoms with Crippen molar-refractivity contribution in [1.82, 2.24) is 39.4 Å². The molecule has 5 rings (SSSR count). The molecule has 0 aliphatic carbocycles. The summed E-state index contributed by atoms with van der Waals surface area (Å²) in [5.74, 6) is 9.24. The van der Waals surface area contributed by atoms with E-state index in [0.29, 0.717) is 29.3 Å². The van der Waals surface area contributed by atoms with Crippen LogP contribution in [0.2, 0.25) is 0 Å². The highest BCUT2D eigenvalue weighted by molar-refractivity contribution is 8.25. The number of hydrogen-bond acceptors (Lipinski definition) is 5. The van der Waals surface area contributed by atoms with E-state index in [0.717, 1.165) is 44.9 Å². The molecule has 4 heterocycles. The highest BCUT2D eigenvalue weighted by Gasteiger charge is 2.19. The Balaban J connectivity index is 1.56. The molecular weight excluding hydrogens is 511 g/mol. The lowest BCUT2D eigenvalue weighted by atomic mass is 9.98. The van der Waals surface area contributed by atoms with E-state index in [1.165, 1.54) is 12.1 Å². The molecule has 8 nitrogen and oxygen atoms in total. The van der Waals surface area contributed by atoms with E-state index >= 15 is 0 Å². The topological polar surface area (TPSA) is 100 Å². The average Bonchev–Trinajstić information content (AvgIpc) is 3.57. The van der Waals surface area contributed by atoms with E-state index in [4.69, 9.17) is 4.98 Å². The van der Waals surface area contributed by atoms with Crippen LogP contribution in [0.1, 0.15) is 28.3 Å². The van der Waals surface area contributed by atoms with Crippen molar-refractivity contribution < 1.29 is 4.39 Å². The van der Waals surface area contributed by atoms with E-state index in [1.807, 2.05) is 56.1 Å². The van der Waals surface area contributed by atoms with Gasteiger partial charge in [0.1, 0.15) is 17.3 Å². The molecule has 0 radical (unpaired) electrons. The van der Waals surface area contributed by atoms with Crippen LogP contribution in [-0.2, 0) is 13.6 Å². The Morgan fingerprint density at radius 3 is 2.64 bits per heavy atom. The molecule has 0 amide bonds. The van der Waals surface area contributed by atoms with Crippen LogP contribution in [0, 0.1) is 19.7 Å². The Morgan fingerprint density at radius 2 is 1.95 bits per heavy atom. The van der Waals surface area contributed by atoms with E-state index in [9.17, 15) is 4.39 Å². The monoisotopic (exact) mass is 542 g/mol. The smallest absolute Gasteiger partial charge is 0.159 e. The lowest BCUT2D eigenvalue weighted by Gasteiger charge is -2.13. The first kappa shape index (κ1) is 26.3. The number of aromatic amines is 2. The summed E-state index contributed by atoms with van der Waals surface area (Å²) in [6.07, 6.45) is 9.03. The fraction of sp³-hybridized carbons (Fsp3) is 0.172. The number of H-pyrrole nitrogens is 2. The number of hydrogen-bond donors (Lipinski definition) is 3. The Kier molecular flexibility index (Phi) is 6.83. The number of fused-ring (bicyclic) bond motifs is 1. The molecule has 0 saturated heterocycles. The van der Waals surface area contributed by atoms with Gasteiger partial charge in [0, 0.05) is 30.2 Å². The van der Waals surface area contributed by atoms with Gasteiger partial charge in [-0.1, -0.05) is 30.5 Å². The number of imidazole rings is 2. The number of nitrogens with one attached hydrogen (secondary N) is 3. The van der Waals surface area contributed by atoms with Crippen LogP contribution >= 0.6 is 9.39 Å². The lowest BCUT2D eigenvalue weighted by Crippen LogP contribution is -2.08. The SMILES string of the molecule is C=C/C=C(/c1cc(F)cc(CNS(=C)(=C)C)c1)c1nc(-c2n[nH]c3cnc(-c4cnc(C)n4C)cc23)[nH]c1C. The summed E-state index contributed by atoms with van der Waals surface area (Å²) in [5.41, 5.74) is 6.89. The Labute approximate surface area is 227 Å². The van der Waals surface area contributed by atoms with Crippen molar-refractivity contribution in [2.24, 2.45) is 7.05 Å². The molecule has 0 aliphatic rings. The largest absolute Gasteiger partial charge is 0.340 e. The molecule has 0 saturated carbocycles. The maximum absolute atomic E-state index is 14.7. The highest BCUT2D eigenvalue weighted by Crippen LogP contribution is 2.32. The zero-order valence-corrected chi connectivity index (χ0v) is 23.3. The molecule has 200 valence electrons. The predicted molar refractivity (Wildman–Crippen MR) is 161 cm³/mol. The van der Waals surface area contributed by atoms with Gasteiger partial charge in [0.25, 0.3) is 0 Å². The number of aryl methyl sites for hydroxylation is 2. The van der Waals surface area contributed by atoms with Gasteiger partial charge in [-0.3, -0.25) is 14.8 Å². The molecular formula is C29H31FN8S. The molecule has 4 aromatic heterocycles. The molecule has 0 aliphatic heterocycles. The number of aromatic nitrogens is 7. The van der Waals surface area contributed by atoms with Crippen LogP contribution < -0.4 is 4.72 Å². The summed E-state index contributed by atoms with van der Waals surface area (Å²) in [5, 5.41) is 8.46. The summed E-state index contributed by atoms with van der Waals surface area (Å²) in [6, 6.07) is 6.95. The second-order valence-electron chi connectivity index (χ2n) is 9.76. The number of nitrogens with zero attached hydrogens (tertiary/aromatic N) is 5. The number of benzene rings is 1. The van der Waals surface area contributed by atoms with Crippen molar-refractivity contribution in [2.45, 2.75) is 20.4 Å². The molecule has 0 fully saturated rings. The maximum atomic E-state index is 14.7. The van der Waals surface area contributed by atoms with Gasteiger partial charge < -0.3 is 9.55 Å². The molecule has 0 spiro atoms. The fourth-order valence-electron chi connectivity index (χ4n) is 4.41. The number of pyridine rings is 1. The van der Waals surface area contributed by atoms with E-state index in [1.54, 1.807) is 12.3 Å². The third kappa shape index (κ3) is 5.34. The van der Waals surface area contributed by atoms with Gasteiger partial charge in [-0.2, -0.15) is 14.5 Å². The minimum atomic E-state index is -1.44. The first-order chi connectivity index (χ1) is 18.5. The van der Waals surface area contributed by atoms with Crippen LogP contribution in [0.4, 0.5) is 4.39 Å². The quantitative estimate of drug-likeness (QED) is 0.179. The van der Waals surface area contributed by atoms with Crippen LogP contribution in [0.25, 0.3) is 39.4 Å². The third-order valence-electron chi connectivity index (χ3n) is 6.47. The van der Waals surface area contributed by atoms with Crippen molar-refractivity contribution in [3.05, 3.63) is 89.5 Å². The van der Waals surface area contributed by atoms with Gasteiger partial charge >= 0.3 is 0 Å². The van der Waals surface area contributed by atoms with E-state index in [-0.39, 0.29) is 5.82 Å². The first-order valence-corrected chi connectivity index (χ1v) is 14.6. The van der Waals surface area contributed by atoms with Crippen molar-refractivity contribution in [3.8, 4) is 22.9 Å². The summed E-state index contributed by atoms with van der Waals surface area (Å²) in [6.45, 7) is 8.22. The molecule has 0 bridgehead atoms. The molecule has 39 heavy (non-hydrogen) atoms. The van der Waals surface area contributed by atoms with Crippen LogP contribution in [0.15, 0.2) is 55.4 Å². The minimum absolute atomic E-state index is 0.332. The predicted octanol–water partition coefficient (Wildman–Crippen LogP) is 5.43. The second-order valence-corrected chi connectivity index (χ2v) is 12.6. The van der Waals surface area contributed by atoms with Crippen molar-refractivity contribution in [2.75, 3.05) is 6.26 Å². The standard InChI is InChI=1S/C29H31FN8S/c1-8-9-22(20-10-19(11-21(30)12-20)14-33-39(5,6)7)27-17(2)34-29(35-27)28-23-13-24(32-15-25(23)36-37-28)26-16-31-18(3)38(26)4/h8-13,15-16,33H,1,5-6,14H2,2-4,7H3,(H,34,35)(H,36,37)/b22-9-. The van der Waals surface area contributed by atoms with Crippen molar-refractivity contribution in [1.29, 1.82) is 0 Å². The molecule has 10 heteroatoms. The van der Waals surface area contributed by atoms with Gasteiger partial charge in [0.15, 0.2) is 5.82 Å². The van der Waals surface area contributed by atoms with Crippen LogP contribution in [0.3, 0.4) is 0 Å². The Morgan fingerprint density at radius 1 is 1.15 bits per heavy atom. The summed E-state index contributed by atoms with van der Waals surface area (Å²) in [4.78, 5) is 17.3. The first-order valence-electron chi connectivity index (χ1n) is 12.3. The molecule has 0 atom stereocenters. The van der Waals surface area contributed by atoms with Gasteiger partial charge in [-0.25, -0.2) is 14.4 Å². The Bertz CT molecular complexity index is 1850. The van der Waals surface area contributed by atoms with E-state index in [2.05, 4.69) is 48.2 Å². The fourth-order valence-corrected chi connectivity index (χ4v) is 4.92. The zero-order valence-electron chi connectivity index (χ0n) is 22.5. The van der Waals surface area contributed by atoms with Gasteiger partial charge in [-0.05, 0) is 55.5 Å². The summed E-state index contributed by atoms with van der Waals surface area (Å²) >= 11 is 0. The maximum Gasteiger partial charge on any atom is 0.159 e. The van der Waals surface area contributed by atoms with Crippen LogP contribution in [-0.4, -0.2) is 52.7 Å². The van der Waals surface area contributed by atoms with Gasteiger partial charge in [-0.15, -0.1) is 0 Å². The highest BCUT2D eigenvalue weighted by atomic mass is 32.2. The number of halogens is 1. The summed E-state index contributed by atoms with van der Waals surface area (Å²) in [7, 11) is 0.521. The van der Waals surface area contributed by atoms with Crippen LogP contribution in [0.5, 0.6) is 0 Å². The normalized spacial score (nSPS) is 12.4. The second kappa shape index (κ2) is 10.1. The Hall–Kier alpha value is -4.28. The number of allylic oxidation sites excluding steroid dienone is 2. The minimum Gasteiger partial charge on any atom is -0.340 e. The molecule has 5 aromatic rings. The summed E-state index contributed by atoms with van der Waals surface area (Å²) < 4.78 is 20.0. The third-order valence-corrected chi connectivity index (χ3v) is 7.31. The average molecular weight is 543 g/mol. The van der Waals surface area contributed by atoms with Gasteiger partial charge in [0.2, 0.25) is 0 Å². The lowest BCUT2D eigenvalue weighted by molar-refractivity contribution is 0.624. The molecule has 0 unspecified atom stereocenters. The van der Waals surface area contributed by atoms with E-state index < -0.39 is 9.39 Å². The van der Waals surface area contributed by atoms with Crippen molar-refractivity contribution >= 4 is 37.6 Å². The molecule has 3 N–H and O–H groups in total. The molecule has 1 aromatic carbocycles.